The third-order valence-electron chi connectivity index (χ3n) is 3.04. The molecule has 0 aliphatic carbocycles. The molecule has 2 aromatic carbocycles. The molecule has 0 unspecified atom stereocenters. The van der Waals surface area contributed by atoms with Crippen molar-refractivity contribution in [3.8, 4) is 5.75 Å². The molecular formula is C15H8BrCl2NO3S. The van der Waals surface area contributed by atoms with Gasteiger partial charge in [-0.05, 0) is 36.4 Å². The highest BCUT2D eigenvalue weighted by atomic mass is 79.9. The van der Waals surface area contributed by atoms with Crippen molar-refractivity contribution in [2.24, 2.45) is 0 Å². The van der Waals surface area contributed by atoms with Crippen LogP contribution in [0.2, 0.25) is 10.0 Å². The van der Waals surface area contributed by atoms with Gasteiger partial charge in [0.25, 0.3) is 5.91 Å². The first-order valence-corrected chi connectivity index (χ1v) is 8.74. The lowest BCUT2D eigenvalue weighted by atomic mass is 10.3. The zero-order valence-electron chi connectivity index (χ0n) is 11.4. The van der Waals surface area contributed by atoms with Crippen LogP contribution in [-0.2, 0) is 0 Å². The van der Waals surface area contributed by atoms with Crippen LogP contribution in [0.1, 0.15) is 4.79 Å². The van der Waals surface area contributed by atoms with Gasteiger partial charge in [0.05, 0.1) is 15.2 Å². The summed E-state index contributed by atoms with van der Waals surface area (Å²) in [4.78, 5) is 24.0. The highest BCUT2D eigenvalue weighted by Gasteiger charge is 2.16. The average molecular weight is 433 g/mol. The third kappa shape index (κ3) is 3.45. The molecule has 0 spiro atoms. The maximum atomic E-state index is 12.3. The lowest BCUT2D eigenvalue weighted by molar-refractivity contribution is 0.0840. The molecule has 0 aliphatic rings. The van der Waals surface area contributed by atoms with Crippen LogP contribution >= 0.6 is 50.5 Å². The molecule has 3 aromatic rings. The number of benzene rings is 2. The molecule has 0 saturated heterocycles. The summed E-state index contributed by atoms with van der Waals surface area (Å²) in [5, 5.41) is 0.774. The van der Waals surface area contributed by atoms with Crippen molar-refractivity contribution in [2.75, 3.05) is 6.61 Å². The fourth-order valence-electron chi connectivity index (χ4n) is 2.02. The first-order chi connectivity index (χ1) is 11.0. The van der Waals surface area contributed by atoms with Crippen molar-refractivity contribution in [1.29, 1.82) is 0 Å². The van der Waals surface area contributed by atoms with Crippen LogP contribution in [-0.4, -0.2) is 17.1 Å². The average Bonchev–Trinajstić information content (AvgIpc) is 2.81. The van der Waals surface area contributed by atoms with Gasteiger partial charge in [0, 0.05) is 9.50 Å². The van der Waals surface area contributed by atoms with Gasteiger partial charge in [-0.3, -0.25) is 9.59 Å². The number of hydrogen-bond acceptors (Lipinski definition) is 4. The summed E-state index contributed by atoms with van der Waals surface area (Å²) in [5.41, 5.74) is 0.555. The number of thiazole rings is 1. The van der Waals surface area contributed by atoms with Gasteiger partial charge in [-0.25, -0.2) is 4.57 Å². The Bertz CT molecular complexity index is 967. The molecule has 4 nitrogen and oxygen atoms in total. The minimum Gasteiger partial charge on any atom is -0.482 e. The van der Waals surface area contributed by atoms with E-state index in [0.717, 1.165) is 25.1 Å². The summed E-state index contributed by atoms with van der Waals surface area (Å²) in [5.74, 6) is -0.130. The van der Waals surface area contributed by atoms with Crippen LogP contribution in [0, 0.1) is 0 Å². The Balaban J connectivity index is 1.86. The van der Waals surface area contributed by atoms with Crippen molar-refractivity contribution in [2.45, 2.75) is 0 Å². The van der Waals surface area contributed by atoms with E-state index in [0.29, 0.717) is 21.3 Å². The smallest absolute Gasteiger partial charge is 0.315 e. The van der Waals surface area contributed by atoms with E-state index >= 15 is 0 Å². The number of carbonyl (C=O) groups is 1. The van der Waals surface area contributed by atoms with E-state index in [-0.39, 0.29) is 11.5 Å². The largest absolute Gasteiger partial charge is 0.482 e. The molecule has 1 aromatic heterocycles. The Morgan fingerprint density at radius 2 is 2.00 bits per heavy atom. The van der Waals surface area contributed by atoms with E-state index in [9.17, 15) is 9.59 Å². The monoisotopic (exact) mass is 431 g/mol. The van der Waals surface area contributed by atoms with Gasteiger partial charge in [-0.1, -0.05) is 50.5 Å². The normalized spacial score (nSPS) is 10.9. The van der Waals surface area contributed by atoms with Gasteiger partial charge < -0.3 is 4.74 Å². The first-order valence-electron chi connectivity index (χ1n) is 6.38. The van der Waals surface area contributed by atoms with E-state index in [1.54, 1.807) is 30.3 Å². The fraction of sp³-hybridized carbons (Fsp3) is 0.0667. The van der Waals surface area contributed by atoms with Crippen molar-refractivity contribution < 1.29 is 9.53 Å². The van der Waals surface area contributed by atoms with E-state index in [1.807, 2.05) is 0 Å². The Kier molecular flexibility index (Phi) is 4.77. The van der Waals surface area contributed by atoms with Gasteiger partial charge in [0.2, 0.25) is 0 Å². The van der Waals surface area contributed by atoms with Gasteiger partial charge in [-0.2, -0.15) is 0 Å². The second kappa shape index (κ2) is 6.65. The molecule has 0 aliphatic heterocycles. The summed E-state index contributed by atoms with van der Waals surface area (Å²) >= 11 is 16.1. The van der Waals surface area contributed by atoms with Crippen LogP contribution in [0.25, 0.3) is 10.2 Å². The number of ether oxygens (including phenoxy) is 1. The molecule has 0 radical (unpaired) electrons. The fourth-order valence-corrected chi connectivity index (χ4v) is 3.93. The molecule has 0 N–H and O–H groups in total. The molecule has 23 heavy (non-hydrogen) atoms. The highest BCUT2D eigenvalue weighted by Crippen LogP contribution is 2.27. The predicted molar refractivity (Wildman–Crippen MR) is 96.4 cm³/mol. The minimum atomic E-state index is -0.463. The van der Waals surface area contributed by atoms with Crippen LogP contribution in [0.4, 0.5) is 0 Å². The number of rotatable bonds is 3. The zero-order chi connectivity index (χ0) is 16.6. The van der Waals surface area contributed by atoms with Gasteiger partial charge in [0.1, 0.15) is 5.75 Å². The summed E-state index contributed by atoms with van der Waals surface area (Å²) in [7, 11) is 0. The highest BCUT2D eigenvalue weighted by molar-refractivity contribution is 9.10. The van der Waals surface area contributed by atoms with Crippen LogP contribution in [0.15, 0.2) is 45.7 Å². The Morgan fingerprint density at radius 3 is 2.74 bits per heavy atom. The third-order valence-corrected chi connectivity index (χ3v) is 4.96. The van der Waals surface area contributed by atoms with E-state index in [2.05, 4.69) is 15.9 Å². The number of nitrogens with zero attached hydrogens (tertiary/aromatic N) is 1. The lowest BCUT2D eigenvalue weighted by Crippen LogP contribution is -2.26. The van der Waals surface area contributed by atoms with Gasteiger partial charge in [-0.15, -0.1) is 0 Å². The molecule has 0 fully saturated rings. The SMILES string of the molecule is O=C(COc1ccc(Cl)cc1Cl)n1c(=O)sc2cc(Br)ccc21. The second-order valence-corrected chi connectivity index (χ2v) is 7.33. The molecule has 0 bridgehead atoms. The number of aromatic nitrogens is 1. The first kappa shape index (κ1) is 16.5. The summed E-state index contributed by atoms with van der Waals surface area (Å²) < 4.78 is 8.07. The van der Waals surface area contributed by atoms with Crippen molar-refractivity contribution >= 4 is 66.6 Å². The van der Waals surface area contributed by atoms with Crippen LogP contribution in [0.3, 0.4) is 0 Å². The second-order valence-electron chi connectivity index (χ2n) is 4.57. The number of carbonyl (C=O) groups excluding carboxylic acids is 1. The number of halogens is 3. The molecule has 0 saturated carbocycles. The molecule has 0 atom stereocenters. The summed E-state index contributed by atoms with van der Waals surface area (Å²) in [6, 6.07) is 9.98. The molecule has 0 amide bonds. The topological polar surface area (TPSA) is 48.3 Å². The maximum Gasteiger partial charge on any atom is 0.315 e. The lowest BCUT2D eigenvalue weighted by Gasteiger charge is -2.08. The zero-order valence-corrected chi connectivity index (χ0v) is 15.3. The van der Waals surface area contributed by atoms with Crippen molar-refractivity contribution in [1.82, 2.24) is 4.57 Å². The summed E-state index contributed by atoms with van der Waals surface area (Å²) in [6.07, 6.45) is 0. The van der Waals surface area contributed by atoms with Crippen LogP contribution < -0.4 is 9.61 Å². The number of fused-ring (bicyclic) bond motifs is 1. The standard InChI is InChI=1S/C15H8BrCl2NO3S/c16-8-1-3-11-13(5-8)23-15(21)19(11)14(20)7-22-12-4-2-9(17)6-10(12)18/h1-6H,7H2. The Labute approximate surface area is 153 Å². The van der Waals surface area contributed by atoms with Gasteiger partial charge >= 0.3 is 4.87 Å². The Morgan fingerprint density at radius 1 is 1.22 bits per heavy atom. The van der Waals surface area contributed by atoms with Crippen LogP contribution in [0.5, 0.6) is 5.75 Å². The molecule has 1 heterocycles. The van der Waals surface area contributed by atoms with Gasteiger partial charge in [0.15, 0.2) is 6.61 Å². The maximum absolute atomic E-state index is 12.3. The van der Waals surface area contributed by atoms with Crippen molar-refractivity contribution in [3.63, 3.8) is 0 Å². The Hall–Kier alpha value is -1.34. The molecular weight excluding hydrogens is 425 g/mol. The molecule has 8 heteroatoms. The van der Waals surface area contributed by atoms with Crippen molar-refractivity contribution in [3.05, 3.63) is 60.6 Å². The quantitative estimate of drug-likeness (QED) is 0.594. The summed E-state index contributed by atoms with van der Waals surface area (Å²) in [6.45, 7) is -0.302. The number of hydrogen-bond donors (Lipinski definition) is 0. The molecule has 3 rings (SSSR count). The predicted octanol–water partition coefficient (Wildman–Crippen LogP) is 4.85. The van der Waals surface area contributed by atoms with E-state index in [4.69, 9.17) is 27.9 Å². The van der Waals surface area contributed by atoms with E-state index in [1.165, 1.54) is 6.07 Å². The minimum absolute atomic E-state index is 0.302. The van der Waals surface area contributed by atoms with E-state index < -0.39 is 5.91 Å². The molecule has 118 valence electrons.